The number of nitro benzene ring substituents is 1. The molecular weight excluding hydrogens is 459 g/mol. The van der Waals surface area contributed by atoms with Crippen molar-refractivity contribution in [1.82, 2.24) is 5.01 Å². The fourth-order valence-corrected chi connectivity index (χ4v) is 3.08. The van der Waals surface area contributed by atoms with Gasteiger partial charge in [0.2, 0.25) is 5.91 Å². The van der Waals surface area contributed by atoms with Gasteiger partial charge in [0.25, 0.3) is 11.4 Å². The summed E-state index contributed by atoms with van der Waals surface area (Å²) in [5.41, 5.74) is -3.20. The van der Waals surface area contributed by atoms with Crippen LogP contribution >= 0.6 is 15.9 Å². The summed E-state index contributed by atoms with van der Waals surface area (Å²) in [6.07, 6.45) is -6.57. The molecule has 1 heterocycles. The van der Waals surface area contributed by atoms with Crippen LogP contribution in [0.1, 0.15) is 17.5 Å². The van der Waals surface area contributed by atoms with Crippen LogP contribution in [0.15, 0.2) is 58.1 Å². The molecule has 3 rings (SSSR count). The predicted octanol–water partition coefficient (Wildman–Crippen LogP) is 3.79. The van der Waals surface area contributed by atoms with Crippen molar-refractivity contribution in [3.8, 4) is 0 Å². The third-order valence-electron chi connectivity index (χ3n) is 4.36. The molecule has 11 heteroatoms. The molecule has 1 atom stereocenters. The van der Waals surface area contributed by atoms with Gasteiger partial charge in [-0.1, -0.05) is 40.2 Å². The van der Waals surface area contributed by atoms with E-state index >= 15 is 0 Å². The molecule has 1 amide bonds. The van der Waals surface area contributed by atoms with Gasteiger partial charge in [-0.25, -0.2) is 0 Å². The Balaban J connectivity index is 1.90. The second-order valence-electron chi connectivity index (χ2n) is 6.35. The first kappa shape index (κ1) is 20.9. The Morgan fingerprint density at radius 1 is 1.21 bits per heavy atom. The minimum Gasteiger partial charge on any atom is -0.362 e. The first-order chi connectivity index (χ1) is 13.5. The van der Waals surface area contributed by atoms with Crippen LogP contribution < -0.4 is 0 Å². The average molecular weight is 472 g/mol. The standard InChI is InChI=1S/C18H13BrF3N3O4/c19-13-5-3-12(4-6-13)15-10-17(27,18(20,21)22)24(23-15)16(26)9-11-1-7-14(8-2-11)25(28)29/h1-8,27H,9-10H2/t17-/m1/s1. The topological polar surface area (TPSA) is 96.0 Å². The largest absolute Gasteiger partial charge is 0.438 e. The monoisotopic (exact) mass is 471 g/mol. The van der Waals surface area contributed by atoms with Gasteiger partial charge >= 0.3 is 6.18 Å². The summed E-state index contributed by atoms with van der Waals surface area (Å²) in [6.45, 7) is 0. The maximum atomic E-state index is 13.6. The lowest BCUT2D eigenvalue weighted by Gasteiger charge is -2.32. The number of carbonyl (C=O) groups is 1. The van der Waals surface area contributed by atoms with E-state index in [1.54, 1.807) is 12.1 Å². The van der Waals surface area contributed by atoms with Gasteiger partial charge in [-0.3, -0.25) is 14.9 Å². The molecule has 0 fully saturated rings. The van der Waals surface area contributed by atoms with Crippen LogP contribution in [-0.2, 0) is 11.2 Å². The fraction of sp³-hybridized carbons (Fsp3) is 0.222. The van der Waals surface area contributed by atoms with Crippen LogP contribution in [0.3, 0.4) is 0 Å². The third-order valence-corrected chi connectivity index (χ3v) is 4.88. The number of nitrogens with zero attached hydrogens (tertiary/aromatic N) is 3. The van der Waals surface area contributed by atoms with E-state index in [1.807, 2.05) is 0 Å². The van der Waals surface area contributed by atoms with Gasteiger partial charge in [-0.2, -0.15) is 23.3 Å². The summed E-state index contributed by atoms with van der Waals surface area (Å²) in [6, 6.07) is 11.0. The lowest BCUT2D eigenvalue weighted by atomic mass is 10.0. The lowest BCUT2D eigenvalue weighted by Crippen LogP contribution is -2.57. The van der Waals surface area contributed by atoms with E-state index in [9.17, 15) is 33.2 Å². The number of rotatable bonds is 4. The van der Waals surface area contributed by atoms with E-state index in [2.05, 4.69) is 21.0 Å². The van der Waals surface area contributed by atoms with Crippen molar-refractivity contribution in [1.29, 1.82) is 0 Å². The quantitative estimate of drug-likeness (QED) is 0.541. The van der Waals surface area contributed by atoms with Gasteiger partial charge in [-0.15, -0.1) is 0 Å². The number of aliphatic hydroxyl groups is 1. The van der Waals surface area contributed by atoms with Crippen LogP contribution in [0.4, 0.5) is 18.9 Å². The van der Waals surface area contributed by atoms with Gasteiger partial charge in [0.1, 0.15) is 0 Å². The number of nitro groups is 1. The zero-order valence-corrected chi connectivity index (χ0v) is 16.1. The molecule has 0 saturated heterocycles. The highest BCUT2D eigenvalue weighted by Gasteiger charge is 2.63. The Morgan fingerprint density at radius 3 is 2.31 bits per heavy atom. The van der Waals surface area contributed by atoms with Gasteiger partial charge in [-0.05, 0) is 23.3 Å². The minimum atomic E-state index is -5.14. The first-order valence-corrected chi connectivity index (χ1v) is 8.99. The van der Waals surface area contributed by atoms with Gasteiger partial charge in [0.15, 0.2) is 0 Å². The van der Waals surface area contributed by atoms with Crippen LogP contribution in [-0.4, -0.2) is 38.6 Å². The van der Waals surface area contributed by atoms with E-state index in [0.717, 1.165) is 12.1 Å². The van der Waals surface area contributed by atoms with Crippen LogP contribution in [0.5, 0.6) is 0 Å². The van der Waals surface area contributed by atoms with Gasteiger partial charge in [0, 0.05) is 16.6 Å². The molecule has 29 heavy (non-hydrogen) atoms. The number of alkyl halides is 3. The molecule has 0 spiro atoms. The molecule has 0 saturated carbocycles. The highest BCUT2D eigenvalue weighted by Crippen LogP contribution is 2.41. The lowest BCUT2D eigenvalue weighted by molar-refractivity contribution is -0.384. The molecule has 152 valence electrons. The van der Waals surface area contributed by atoms with Crippen LogP contribution in [0.25, 0.3) is 0 Å². The Hall–Kier alpha value is -2.79. The van der Waals surface area contributed by atoms with Crippen LogP contribution in [0.2, 0.25) is 0 Å². The Kier molecular flexibility index (Phi) is 5.46. The number of hydrogen-bond acceptors (Lipinski definition) is 5. The van der Waals surface area contributed by atoms with Crippen molar-refractivity contribution >= 4 is 33.2 Å². The molecule has 2 aromatic rings. The maximum Gasteiger partial charge on any atom is 0.438 e. The van der Waals surface area contributed by atoms with Crippen molar-refractivity contribution in [2.24, 2.45) is 5.10 Å². The summed E-state index contributed by atoms with van der Waals surface area (Å²) in [5.74, 6) is -1.09. The molecule has 7 nitrogen and oxygen atoms in total. The van der Waals surface area contributed by atoms with E-state index in [0.29, 0.717) is 10.0 Å². The summed E-state index contributed by atoms with van der Waals surface area (Å²) in [5, 5.41) is 24.8. The number of halogens is 4. The molecule has 1 aliphatic rings. The predicted molar refractivity (Wildman–Crippen MR) is 99.9 cm³/mol. The Labute approximate surface area is 170 Å². The SMILES string of the molecule is O=C(Cc1ccc([N+](=O)[O-])cc1)N1N=C(c2ccc(Br)cc2)C[C@@]1(O)C(F)(F)F. The van der Waals surface area contributed by atoms with E-state index in [1.165, 1.54) is 24.3 Å². The van der Waals surface area contributed by atoms with E-state index in [-0.39, 0.29) is 22.0 Å². The van der Waals surface area contributed by atoms with Crippen molar-refractivity contribution < 1.29 is 28.0 Å². The second kappa shape index (κ2) is 7.56. The summed E-state index contributed by atoms with van der Waals surface area (Å²) < 4.78 is 41.5. The molecule has 1 N–H and O–H groups in total. The molecular formula is C18H13BrF3N3O4. The normalized spacial score (nSPS) is 19.2. The molecule has 2 aromatic carbocycles. The van der Waals surface area contributed by atoms with Crippen molar-refractivity contribution in [3.05, 3.63) is 74.2 Å². The molecule has 0 aromatic heterocycles. The molecule has 1 aliphatic heterocycles. The molecule has 0 radical (unpaired) electrons. The van der Waals surface area contributed by atoms with Crippen molar-refractivity contribution in [2.75, 3.05) is 0 Å². The number of amides is 1. The summed E-state index contributed by atoms with van der Waals surface area (Å²) in [4.78, 5) is 22.6. The second-order valence-corrected chi connectivity index (χ2v) is 7.27. The molecule has 0 bridgehead atoms. The maximum absolute atomic E-state index is 13.6. The van der Waals surface area contributed by atoms with Crippen molar-refractivity contribution in [3.63, 3.8) is 0 Å². The van der Waals surface area contributed by atoms with E-state index in [4.69, 9.17) is 0 Å². The number of hydrazone groups is 1. The molecule has 0 aliphatic carbocycles. The zero-order chi connectivity index (χ0) is 21.4. The Morgan fingerprint density at radius 2 is 1.79 bits per heavy atom. The number of carbonyl (C=O) groups excluding carboxylic acids is 1. The Bertz CT molecular complexity index is 977. The minimum absolute atomic E-state index is 0.0474. The molecule has 0 unspecified atom stereocenters. The highest BCUT2D eigenvalue weighted by atomic mass is 79.9. The third kappa shape index (κ3) is 4.15. The summed E-state index contributed by atoms with van der Waals surface area (Å²) >= 11 is 3.22. The number of non-ortho nitro benzene ring substituents is 1. The smallest absolute Gasteiger partial charge is 0.362 e. The van der Waals surface area contributed by atoms with Gasteiger partial charge < -0.3 is 5.11 Å². The fourth-order valence-electron chi connectivity index (χ4n) is 2.82. The number of benzene rings is 2. The first-order valence-electron chi connectivity index (χ1n) is 8.20. The van der Waals surface area contributed by atoms with Crippen molar-refractivity contribution in [2.45, 2.75) is 24.7 Å². The average Bonchev–Trinajstić information content (AvgIpc) is 3.02. The zero-order valence-electron chi connectivity index (χ0n) is 14.6. The highest BCUT2D eigenvalue weighted by molar-refractivity contribution is 9.10. The summed E-state index contributed by atoms with van der Waals surface area (Å²) in [7, 11) is 0. The van der Waals surface area contributed by atoms with Gasteiger partial charge in [0.05, 0.1) is 23.5 Å². The van der Waals surface area contributed by atoms with E-state index < -0.39 is 35.6 Å². The number of hydrogen-bond donors (Lipinski definition) is 1. The van der Waals surface area contributed by atoms with Crippen LogP contribution in [0, 0.1) is 10.1 Å².